The fraction of sp³-hybridized carbons (Fsp3) is 0.211. The van der Waals surface area contributed by atoms with Crippen LogP contribution in [0.5, 0.6) is 5.75 Å². The molecule has 1 atom stereocenters. The number of primary amides is 1. The molecule has 0 saturated heterocycles. The average Bonchev–Trinajstić information content (AvgIpc) is 2.98. The number of rotatable bonds is 3. The summed E-state index contributed by atoms with van der Waals surface area (Å²) in [5, 5.41) is 5.02. The Hall–Kier alpha value is -2.50. The summed E-state index contributed by atoms with van der Waals surface area (Å²) in [6, 6.07) is 13.2. The number of carbonyl (C=O) groups is 1. The lowest BCUT2D eigenvalue weighted by Gasteiger charge is -2.19. The molecular formula is C19H19ClN2O3. The Morgan fingerprint density at radius 2 is 1.96 bits per heavy atom. The van der Waals surface area contributed by atoms with Gasteiger partial charge in [0.1, 0.15) is 17.6 Å². The van der Waals surface area contributed by atoms with Crippen LogP contribution in [0.4, 0.5) is 0 Å². The Morgan fingerprint density at radius 3 is 2.76 bits per heavy atom. The Labute approximate surface area is 151 Å². The van der Waals surface area contributed by atoms with E-state index in [9.17, 15) is 4.79 Å². The second-order valence-corrected chi connectivity index (χ2v) is 5.89. The van der Waals surface area contributed by atoms with E-state index in [4.69, 9.17) is 14.9 Å². The molecule has 0 radical (unpaired) electrons. The quantitative estimate of drug-likeness (QED) is 0.750. The Kier molecular flexibility index (Phi) is 4.97. The second kappa shape index (κ2) is 7.17. The van der Waals surface area contributed by atoms with Crippen molar-refractivity contribution in [1.29, 1.82) is 0 Å². The first-order valence-electron chi connectivity index (χ1n) is 7.99. The van der Waals surface area contributed by atoms with Gasteiger partial charge in [0.15, 0.2) is 0 Å². The molecule has 1 aromatic heterocycles. The van der Waals surface area contributed by atoms with Crippen LogP contribution >= 0.6 is 12.4 Å². The highest BCUT2D eigenvalue weighted by atomic mass is 35.5. The van der Waals surface area contributed by atoms with Crippen molar-refractivity contribution in [3.8, 4) is 5.75 Å². The fourth-order valence-electron chi connectivity index (χ4n) is 3.24. The van der Waals surface area contributed by atoms with E-state index in [1.165, 1.54) is 0 Å². The van der Waals surface area contributed by atoms with E-state index in [-0.39, 0.29) is 18.5 Å². The number of hydrogen-bond acceptors (Lipinski definition) is 4. The molecule has 1 aliphatic rings. The highest BCUT2D eigenvalue weighted by Crippen LogP contribution is 2.34. The number of halogens is 1. The Balaban J connectivity index is 0.00000182. The zero-order valence-corrected chi connectivity index (χ0v) is 14.3. The number of furan rings is 1. The number of nitrogens with two attached hydrogens (primary N) is 1. The van der Waals surface area contributed by atoms with Crippen LogP contribution in [-0.4, -0.2) is 12.5 Å². The van der Waals surface area contributed by atoms with E-state index in [0.717, 1.165) is 40.8 Å². The molecule has 0 spiro atoms. The SMILES string of the molecule is Cl.NC(=O)c1ccc(OC2CCNCc3occc32)c2ccccc12. The molecule has 4 rings (SSSR count). The molecule has 0 aliphatic carbocycles. The first kappa shape index (κ1) is 17.3. The monoisotopic (exact) mass is 358 g/mol. The lowest BCUT2D eigenvalue weighted by Crippen LogP contribution is -2.14. The number of benzene rings is 2. The molecule has 1 aliphatic heterocycles. The summed E-state index contributed by atoms with van der Waals surface area (Å²) in [5.41, 5.74) is 7.06. The summed E-state index contributed by atoms with van der Waals surface area (Å²) in [4.78, 5) is 11.7. The van der Waals surface area contributed by atoms with E-state index >= 15 is 0 Å². The van der Waals surface area contributed by atoms with Crippen LogP contribution in [0.15, 0.2) is 53.1 Å². The van der Waals surface area contributed by atoms with E-state index in [1.54, 1.807) is 12.3 Å². The maximum absolute atomic E-state index is 11.7. The molecule has 6 heteroatoms. The minimum Gasteiger partial charge on any atom is -0.485 e. The van der Waals surface area contributed by atoms with Crippen molar-refractivity contribution in [1.82, 2.24) is 5.32 Å². The molecule has 130 valence electrons. The van der Waals surface area contributed by atoms with Gasteiger partial charge in [-0.3, -0.25) is 4.79 Å². The molecule has 5 nitrogen and oxygen atoms in total. The van der Waals surface area contributed by atoms with Crippen LogP contribution in [0.1, 0.15) is 34.2 Å². The largest absolute Gasteiger partial charge is 0.485 e. The van der Waals surface area contributed by atoms with Crippen LogP contribution in [0.2, 0.25) is 0 Å². The number of fused-ring (bicyclic) bond motifs is 2. The molecule has 0 bridgehead atoms. The summed E-state index contributed by atoms with van der Waals surface area (Å²) < 4.78 is 11.9. The molecule has 25 heavy (non-hydrogen) atoms. The Morgan fingerprint density at radius 1 is 1.16 bits per heavy atom. The highest BCUT2D eigenvalue weighted by Gasteiger charge is 2.23. The van der Waals surface area contributed by atoms with E-state index < -0.39 is 5.91 Å². The van der Waals surface area contributed by atoms with Crippen molar-refractivity contribution in [3.05, 3.63) is 65.6 Å². The molecule has 1 amide bonds. The van der Waals surface area contributed by atoms with Crippen molar-refractivity contribution < 1.29 is 13.9 Å². The topological polar surface area (TPSA) is 77.5 Å². The summed E-state index contributed by atoms with van der Waals surface area (Å²) in [5.74, 6) is 1.22. The molecule has 2 aromatic carbocycles. The smallest absolute Gasteiger partial charge is 0.249 e. The predicted octanol–water partition coefficient (Wildman–Crippen LogP) is 3.57. The third kappa shape index (κ3) is 3.21. The van der Waals surface area contributed by atoms with E-state index in [1.807, 2.05) is 36.4 Å². The van der Waals surface area contributed by atoms with Crippen LogP contribution in [0.3, 0.4) is 0 Å². The number of nitrogens with one attached hydrogen (secondary N) is 1. The van der Waals surface area contributed by atoms with Gasteiger partial charge in [-0.25, -0.2) is 0 Å². The summed E-state index contributed by atoms with van der Waals surface area (Å²) in [6.45, 7) is 1.57. The van der Waals surface area contributed by atoms with Gasteiger partial charge >= 0.3 is 0 Å². The molecule has 2 heterocycles. The van der Waals surface area contributed by atoms with Crippen molar-refractivity contribution >= 4 is 29.1 Å². The Bertz CT molecular complexity index is 907. The van der Waals surface area contributed by atoms with Gasteiger partial charge in [-0.05, 0) is 30.1 Å². The van der Waals surface area contributed by atoms with Gasteiger partial charge in [-0.15, -0.1) is 12.4 Å². The van der Waals surface area contributed by atoms with Gasteiger partial charge in [0.25, 0.3) is 0 Å². The number of amides is 1. The standard InChI is InChI=1S/C19H18N2O3.ClH/c20-19(22)14-5-6-16(13-4-2-1-3-12(13)14)24-17-7-9-21-11-18-15(17)8-10-23-18;/h1-6,8,10,17,21H,7,9,11H2,(H2,20,22);1H. The minimum absolute atomic E-state index is 0. The third-order valence-corrected chi connectivity index (χ3v) is 4.41. The van der Waals surface area contributed by atoms with Crippen molar-refractivity contribution in [2.24, 2.45) is 5.73 Å². The number of ether oxygens (including phenoxy) is 1. The lowest BCUT2D eigenvalue weighted by atomic mass is 10.0. The van der Waals surface area contributed by atoms with Gasteiger partial charge in [-0.1, -0.05) is 24.3 Å². The zero-order chi connectivity index (χ0) is 16.5. The van der Waals surface area contributed by atoms with Gasteiger partial charge < -0.3 is 20.2 Å². The van der Waals surface area contributed by atoms with Crippen molar-refractivity contribution in [2.75, 3.05) is 6.54 Å². The van der Waals surface area contributed by atoms with Gasteiger partial charge in [-0.2, -0.15) is 0 Å². The third-order valence-electron chi connectivity index (χ3n) is 4.41. The zero-order valence-electron chi connectivity index (χ0n) is 13.5. The second-order valence-electron chi connectivity index (χ2n) is 5.89. The predicted molar refractivity (Wildman–Crippen MR) is 98.1 cm³/mol. The molecule has 3 aromatic rings. The summed E-state index contributed by atoms with van der Waals surface area (Å²) in [7, 11) is 0. The van der Waals surface area contributed by atoms with Gasteiger partial charge in [0.05, 0.1) is 12.8 Å². The molecule has 3 N–H and O–H groups in total. The van der Waals surface area contributed by atoms with E-state index in [2.05, 4.69) is 5.32 Å². The van der Waals surface area contributed by atoms with Crippen LogP contribution in [-0.2, 0) is 6.54 Å². The summed E-state index contributed by atoms with van der Waals surface area (Å²) in [6.07, 6.45) is 2.46. The number of hydrogen-bond donors (Lipinski definition) is 2. The first-order valence-corrected chi connectivity index (χ1v) is 7.99. The average molecular weight is 359 g/mol. The van der Waals surface area contributed by atoms with Crippen molar-refractivity contribution in [2.45, 2.75) is 19.1 Å². The minimum atomic E-state index is -0.437. The lowest BCUT2D eigenvalue weighted by molar-refractivity contribution is 0.100. The van der Waals surface area contributed by atoms with Gasteiger partial charge in [0.2, 0.25) is 5.91 Å². The van der Waals surface area contributed by atoms with E-state index in [0.29, 0.717) is 12.1 Å². The van der Waals surface area contributed by atoms with Crippen molar-refractivity contribution in [3.63, 3.8) is 0 Å². The normalized spacial score (nSPS) is 16.6. The molecule has 1 unspecified atom stereocenters. The van der Waals surface area contributed by atoms with Crippen LogP contribution in [0.25, 0.3) is 10.8 Å². The number of carbonyl (C=O) groups excluding carboxylic acids is 1. The maximum atomic E-state index is 11.7. The van der Waals surface area contributed by atoms with Crippen LogP contribution < -0.4 is 15.8 Å². The maximum Gasteiger partial charge on any atom is 0.249 e. The summed E-state index contributed by atoms with van der Waals surface area (Å²) >= 11 is 0. The molecular weight excluding hydrogens is 340 g/mol. The first-order chi connectivity index (χ1) is 11.7. The molecule has 0 saturated carbocycles. The van der Waals surface area contributed by atoms with Gasteiger partial charge in [0, 0.05) is 22.9 Å². The molecule has 0 fully saturated rings. The highest BCUT2D eigenvalue weighted by molar-refractivity contribution is 6.07. The van der Waals surface area contributed by atoms with Crippen LogP contribution in [0, 0.1) is 0 Å². The fourth-order valence-corrected chi connectivity index (χ4v) is 3.24.